The van der Waals surface area contributed by atoms with Gasteiger partial charge >= 0.3 is 0 Å². The van der Waals surface area contributed by atoms with Crippen LogP contribution in [0.4, 0.5) is 0 Å². The summed E-state index contributed by atoms with van der Waals surface area (Å²) >= 11 is 6.02. The van der Waals surface area contributed by atoms with Crippen molar-refractivity contribution in [1.82, 2.24) is 10.6 Å². The Kier molecular flexibility index (Phi) is 5.04. The maximum atomic E-state index is 12.4. The van der Waals surface area contributed by atoms with Crippen LogP contribution in [0.3, 0.4) is 0 Å². The van der Waals surface area contributed by atoms with E-state index < -0.39 is 0 Å². The molecule has 0 spiro atoms. The predicted octanol–water partition coefficient (Wildman–Crippen LogP) is 3.27. The first-order valence-corrected chi connectivity index (χ1v) is 8.82. The lowest BCUT2D eigenvalue weighted by Gasteiger charge is -2.31. The molecule has 1 heterocycles. The fraction of sp³-hybridized carbons (Fsp3) is 0.611. The van der Waals surface area contributed by atoms with Crippen molar-refractivity contribution in [2.45, 2.75) is 43.9 Å². The predicted molar refractivity (Wildman–Crippen MR) is 90.2 cm³/mol. The van der Waals surface area contributed by atoms with Gasteiger partial charge in [-0.2, -0.15) is 0 Å². The van der Waals surface area contributed by atoms with Crippen LogP contribution in [0.25, 0.3) is 0 Å². The summed E-state index contributed by atoms with van der Waals surface area (Å²) < 4.78 is 0. The summed E-state index contributed by atoms with van der Waals surface area (Å²) in [6.45, 7) is 2.61. The zero-order valence-corrected chi connectivity index (χ0v) is 13.8. The molecule has 2 aliphatic rings. The Hall–Kier alpha value is -1.06. The minimum Gasteiger partial charge on any atom is -0.355 e. The van der Waals surface area contributed by atoms with Gasteiger partial charge in [0.15, 0.2) is 0 Å². The highest BCUT2D eigenvalue weighted by Crippen LogP contribution is 2.41. The van der Waals surface area contributed by atoms with E-state index in [1.54, 1.807) is 0 Å². The summed E-state index contributed by atoms with van der Waals surface area (Å²) in [5, 5.41) is 7.32. The maximum Gasteiger partial charge on any atom is 0.224 e. The van der Waals surface area contributed by atoms with Crippen LogP contribution in [-0.4, -0.2) is 25.5 Å². The first-order chi connectivity index (χ1) is 10.7. The van der Waals surface area contributed by atoms with Gasteiger partial charge in [0.1, 0.15) is 0 Å². The van der Waals surface area contributed by atoms with Crippen LogP contribution in [0.1, 0.15) is 44.1 Å². The van der Waals surface area contributed by atoms with E-state index in [-0.39, 0.29) is 17.2 Å². The number of carbonyl (C=O) groups excluding carboxylic acids is 1. The number of hydrogen-bond donors (Lipinski definition) is 2. The normalized spacial score (nSPS) is 24.1. The molecule has 3 rings (SSSR count). The zero-order valence-electron chi connectivity index (χ0n) is 13.0. The van der Waals surface area contributed by atoms with E-state index in [9.17, 15) is 4.79 Å². The van der Waals surface area contributed by atoms with Gasteiger partial charge < -0.3 is 10.6 Å². The van der Waals surface area contributed by atoms with Crippen LogP contribution >= 0.6 is 11.6 Å². The molecule has 2 N–H and O–H groups in total. The first-order valence-electron chi connectivity index (χ1n) is 8.44. The van der Waals surface area contributed by atoms with Crippen LogP contribution in [0.15, 0.2) is 24.3 Å². The Labute approximate surface area is 137 Å². The van der Waals surface area contributed by atoms with Crippen molar-refractivity contribution >= 4 is 17.5 Å². The van der Waals surface area contributed by atoms with E-state index in [0.29, 0.717) is 0 Å². The molecule has 1 amide bonds. The largest absolute Gasteiger partial charge is 0.355 e. The number of nitrogens with one attached hydrogen (secondary N) is 2. The van der Waals surface area contributed by atoms with Crippen molar-refractivity contribution < 1.29 is 4.79 Å². The van der Waals surface area contributed by atoms with Crippen LogP contribution < -0.4 is 10.6 Å². The Morgan fingerprint density at radius 1 is 1.23 bits per heavy atom. The van der Waals surface area contributed by atoms with Crippen LogP contribution in [0.2, 0.25) is 5.02 Å². The summed E-state index contributed by atoms with van der Waals surface area (Å²) in [6.07, 6.45) is 6.88. The Bertz CT molecular complexity index is 502. The quantitative estimate of drug-likeness (QED) is 0.894. The minimum absolute atomic E-state index is 0.0995. The van der Waals surface area contributed by atoms with E-state index in [2.05, 4.69) is 22.8 Å². The minimum atomic E-state index is 0.0995. The van der Waals surface area contributed by atoms with Crippen molar-refractivity contribution in [3.05, 3.63) is 34.9 Å². The first kappa shape index (κ1) is 15.8. The van der Waals surface area contributed by atoms with Crippen molar-refractivity contribution in [2.24, 2.45) is 5.92 Å². The van der Waals surface area contributed by atoms with E-state index >= 15 is 0 Å². The number of rotatable bonds is 4. The summed E-state index contributed by atoms with van der Waals surface area (Å²) in [5.74, 6) is 0.352. The summed E-state index contributed by atoms with van der Waals surface area (Å²) in [6, 6.07) is 8.18. The van der Waals surface area contributed by atoms with Crippen molar-refractivity contribution in [1.29, 1.82) is 0 Å². The van der Waals surface area contributed by atoms with E-state index in [1.165, 1.54) is 18.4 Å². The molecular weight excluding hydrogens is 296 g/mol. The molecule has 2 fully saturated rings. The van der Waals surface area contributed by atoms with Crippen LogP contribution in [0.5, 0.6) is 0 Å². The SMILES string of the molecule is O=C(NCC1(c2ccc(Cl)cc2)CCCC1)C1CCCNC1. The molecule has 1 aromatic carbocycles. The van der Waals surface area contributed by atoms with E-state index in [1.807, 2.05) is 12.1 Å². The molecule has 1 saturated heterocycles. The van der Waals surface area contributed by atoms with Crippen LogP contribution in [-0.2, 0) is 10.2 Å². The molecule has 0 aromatic heterocycles. The number of piperidine rings is 1. The molecule has 1 aliphatic carbocycles. The van der Waals surface area contributed by atoms with Gasteiger partial charge in [0.2, 0.25) is 5.91 Å². The Morgan fingerprint density at radius 3 is 2.59 bits per heavy atom. The lowest BCUT2D eigenvalue weighted by molar-refractivity contribution is -0.125. The summed E-state index contributed by atoms with van der Waals surface area (Å²) in [4.78, 5) is 12.4. The molecule has 3 nitrogen and oxygen atoms in total. The molecule has 4 heteroatoms. The van der Waals surface area contributed by atoms with Gasteiger partial charge in [-0.1, -0.05) is 36.6 Å². The molecule has 0 bridgehead atoms. The van der Waals surface area contributed by atoms with E-state index in [4.69, 9.17) is 11.6 Å². The monoisotopic (exact) mass is 320 g/mol. The third-order valence-corrected chi connectivity index (χ3v) is 5.54. The smallest absolute Gasteiger partial charge is 0.224 e. The topological polar surface area (TPSA) is 41.1 Å². The average molecular weight is 321 g/mol. The standard InChI is InChI=1S/C18H25ClN2O/c19-16-7-5-15(6-8-16)18(9-1-2-10-18)13-21-17(22)14-4-3-11-20-12-14/h5-8,14,20H,1-4,9-13H2,(H,21,22). The lowest BCUT2D eigenvalue weighted by Crippen LogP contribution is -2.45. The number of halogens is 1. The molecule has 1 unspecified atom stereocenters. The fourth-order valence-electron chi connectivity index (χ4n) is 3.90. The van der Waals surface area contributed by atoms with Gasteiger partial charge in [-0.25, -0.2) is 0 Å². The van der Waals surface area contributed by atoms with E-state index in [0.717, 1.165) is 50.3 Å². The van der Waals surface area contributed by atoms with Gasteiger partial charge in [-0.05, 0) is 49.9 Å². The van der Waals surface area contributed by atoms with Gasteiger partial charge in [0.25, 0.3) is 0 Å². The second-order valence-electron chi connectivity index (χ2n) is 6.76. The number of carbonyl (C=O) groups is 1. The second-order valence-corrected chi connectivity index (χ2v) is 7.19. The maximum absolute atomic E-state index is 12.4. The van der Waals surface area contributed by atoms with Gasteiger partial charge in [0, 0.05) is 23.5 Å². The molecule has 120 valence electrons. The van der Waals surface area contributed by atoms with Gasteiger partial charge in [-0.3, -0.25) is 4.79 Å². The summed E-state index contributed by atoms with van der Waals surface area (Å²) in [5.41, 5.74) is 1.42. The van der Waals surface area contributed by atoms with Crippen LogP contribution in [0, 0.1) is 5.92 Å². The van der Waals surface area contributed by atoms with Crippen molar-refractivity contribution in [2.75, 3.05) is 19.6 Å². The third kappa shape index (κ3) is 3.47. The van der Waals surface area contributed by atoms with Crippen molar-refractivity contribution in [3.63, 3.8) is 0 Å². The lowest BCUT2D eigenvalue weighted by atomic mass is 9.78. The highest BCUT2D eigenvalue weighted by molar-refractivity contribution is 6.30. The fourth-order valence-corrected chi connectivity index (χ4v) is 4.02. The molecular formula is C18H25ClN2O. The Morgan fingerprint density at radius 2 is 1.95 bits per heavy atom. The third-order valence-electron chi connectivity index (χ3n) is 5.29. The summed E-state index contributed by atoms with van der Waals surface area (Å²) in [7, 11) is 0. The van der Waals surface area contributed by atoms with Gasteiger partial charge in [-0.15, -0.1) is 0 Å². The number of hydrogen-bond acceptors (Lipinski definition) is 2. The number of amides is 1. The molecule has 1 atom stereocenters. The van der Waals surface area contributed by atoms with Gasteiger partial charge in [0.05, 0.1) is 5.92 Å². The molecule has 1 saturated carbocycles. The average Bonchev–Trinajstić information content (AvgIpc) is 3.04. The molecule has 0 radical (unpaired) electrons. The molecule has 1 aromatic rings. The zero-order chi connectivity index (χ0) is 15.4. The highest BCUT2D eigenvalue weighted by Gasteiger charge is 2.36. The highest BCUT2D eigenvalue weighted by atomic mass is 35.5. The molecule has 22 heavy (non-hydrogen) atoms. The van der Waals surface area contributed by atoms with Crippen molar-refractivity contribution in [3.8, 4) is 0 Å². The Balaban J connectivity index is 1.66. The second kappa shape index (κ2) is 7.01. The number of benzene rings is 1. The molecule has 1 aliphatic heterocycles.